The van der Waals surface area contributed by atoms with Crippen molar-refractivity contribution in [2.45, 2.75) is 6.92 Å². The topological polar surface area (TPSA) is 56.7 Å². The lowest BCUT2D eigenvalue weighted by Crippen LogP contribution is -2.29. The minimum Gasteiger partial charge on any atom is -0.405 e. The first kappa shape index (κ1) is 16.6. The Kier molecular flexibility index (Phi) is 4.43. The molecule has 2 heterocycles. The summed E-state index contributed by atoms with van der Waals surface area (Å²) in [6, 6.07) is 5.19. The predicted molar refractivity (Wildman–Crippen MR) is 93.1 cm³/mol. The van der Waals surface area contributed by atoms with Gasteiger partial charge in [0, 0.05) is 29.2 Å². The summed E-state index contributed by atoms with van der Waals surface area (Å²) in [4.78, 5) is 4.15. The van der Waals surface area contributed by atoms with Gasteiger partial charge in [-0.25, -0.2) is 13.5 Å². The van der Waals surface area contributed by atoms with Crippen LogP contribution in [0.5, 0.6) is 0 Å². The molecule has 0 fully saturated rings. The van der Waals surface area contributed by atoms with Gasteiger partial charge >= 0.3 is 0 Å². The van der Waals surface area contributed by atoms with E-state index < -0.39 is 11.6 Å². The van der Waals surface area contributed by atoms with Crippen LogP contribution in [-0.4, -0.2) is 14.8 Å². The van der Waals surface area contributed by atoms with Crippen molar-refractivity contribution in [1.29, 1.82) is 0 Å². The van der Waals surface area contributed by atoms with E-state index >= 15 is 0 Å². The van der Waals surface area contributed by atoms with Gasteiger partial charge in [-0.1, -0.05) is 6.58 Å². The maximum absolute atomic E-state index is 14.1. The number of hydrogen-bond acceptors (Lipinski definition) is 3. The number of nitrogens with zero attached hydrogens (tertiary/aromatic N) is 3. The number of pyridine rings is 1. The van der Waals surface area contributed by atoms with Crippen LogP contribution in [0.25, 0.3) is 17.8 Å². The van der Waals surface area contributed by atoms with Crippen LogP contribution in [0.2, 0.25) is 0 Å². The standard InChI is InChI=1S/C19H16F2N4/c1-12-6-8-23-10-16(12)15(5-7-22)17-11-24-25(13(17)2)19-4-3-14(20)9-18(19)21/h3-11H,2,22H2,1H3/b7-5-,17-15+. The molecule has 25 heavy (non-hydrogen) atoms. The number of nitrogens with two attached hydrogens (primary N) is 1. The largest absolute Gasteiger partial charge is 0.405 e. The number of aromatic nitrogens is 3. The van der Waals surface area contributed by atoms with E-state index in [4.69, 9.17) is 5.73 Å². The van der Waals surface area contributed by atoms with Crippen LogP contribution in [-0.2, 0) is 0 Å². The molecule has 0 atom stereocenters. The summed E-state index contributed by atoms with van der Waals surface area (Å²) in [5.41, 5.74) is 8.36. The summed E-state index contributed by atoms with van der Waals surface area (Å²) in [7, 11) is 0. The molecule has 0 unspecified atom stereocenters. The second-order valence-corrected chi connectivity index (χ2v) is 5.48. The highest BCUT2D eigenvalue weighted by molar-refractivity contribution is 5.74. The normalized spacial score (nSPS) is 12.6. The molecule has 0 saturated heterocycles. The quantitative estimate of drug-likeness (QED) is 0.794. The maximum atomic E-state index is 14.1. The number of allylic oxidation sites excluding steroid dienone is 1. The fourth-order valence-corrected chi connectivity index (χ4v) is 2.63. The van der Waals surface area contributed by atoms with Gasteiger partial charge in [-0.2, -0.15) is 5.10 Å². The Morgan fingerprint density at radius 1 is 1.24 bits per heavy atom. The summed E-state index contributed by atoms with van der Waals surface area (Å²) in [6.07, 6.45) is 8.13. The van der Waals surface area contributed by atoms with Crippen LogP contribution in [0.4, 0.5) is 8.78 Å². The first-order valence-corrected chi connectivity index (χ1v) is 7.55. The van der Waals surface area contributed by atoms with Gasteiger partial charge in [0.25, 0.3) is 0 Å². The second-order valence-electron chi connectivity index (χ2n) is 5.48. The summed E-state index contributed by atoms with van der Waals surface area (Å²) in [6.45, 7) is 5.96. The highest BCUT2D eigenvalue weighted by Gasteiger charge is 2.11. The van der Waals surface area contributed by atoms with Crippen molar-refractivity contribution in [1.82, 2.24) is 14.8 Å². The smallest absolute Gasteiger partial charge is 0.151 e. The van der Waals surface area contributed by atoms with Crippen molar-refractivity contribution in [3.8, 4) is 5.69 Å². The molecule has 0 spiro atoms. The van der Waals surface area contributed by atoms with Gasteiger partial charge in [-0.05, 0) is 48.5 Å². The third kappa shape index (κ3) is 3.06. The van der Waals surface area contributed by atoms with Crippen molar-refractivity contribution in [2.24, 2.45) is 5.73 Å². The molecular weight excluding hydrogens is 322 g/mol. The van der Waals surface area contributed by atoms with Crippen LogP contribution in [0.3, 0.4) is 0 Å². The maximum Gasteiger partial charge on any atom is 0.151 e. The first-order chi connectivity index (χ1) is 12.0. The molecule has 4 nitrogen and oxygen atoms in total. The minimum atomic E-state index is -0.715. The molecule has 0 saturated carbocycles. The summed E-state index contributed by atoms with van der Waals surface area (Å²) < 4.78 is 28.6. The summed E-state index contributed by atoms with van der Waals surface area (Å²) in [5, 5.41) is 5.35. The van der Waals surface area contributed by atoms with Crippen molar-refractivity contribution in [3.05, 3.63) is 88.5 Å². The van der Waals surface area contributed by atoms with Crippen LogP contribution < -0.4 is 16.3 Å². The van der Waals surface area contributed by atoms with E-state index in [1.165, 1.54) is 23.0 Å². The molecule has 3 rings (SSSR count). The molecule has 126 valence electrons. The number of rotatable bonds is 3. The molecular formula is C19H16F2N4. The van der Waals surface area contributed by atoms with Crippen molar-refractivity contribution in [3.63, 3.8) is 0 Å². The van der Waals surface area contributed by atoms with Crippen molar-refractivity contribution >= 4 is 12.2 Å². The Bertz CT molecular complexity index is 1070. The zero-order chi connectivity index (χ0) is 18.0. The number of benzene rings is 1. The molecule has 3 aromatic rings. The summed E-state index contributed by atoms with van der Waals surface area (Å²) >= 11 is 0. The van der Waals surface area contributed by atoms with E-state index in [-0.39, 0.29) is 5.69 Å². The third-order valence-electron chi connectivity index (χ3n) is 3.89. The fraction of sp³-hybridized carbons (Fsp3) is 0.0526. The molecule has 0 radical (unpaired) electrons. The highest BCUT2D eigenvalue weighted by Crippen LogP contribution is 2.16. The van der Waals surface area contributed by atoms with Crippen LogP contribution in [0, 0.1) is 18.6 Å². The first-order valence-electron chi connectivity index (χ1n) is 7.55. The lowest BCUT2D eigenvalue weighted by molar-refractivity contribution is 0.572. The summed E-state index contributed by atoms with van der Waals surface area (Å²) in [5.74, 6) is -1.36. The molecule has 0 bridgehead atoms. The molecule has 0 aliphatic heterocycles. The zero-order valence-electron chi connectivity index (χ0n) is 13.6. The van der Waals surface area contributed by atoms with Gasteiger partial charge in [0.15, 0.2) is 5.82 Å². The van der Waals surface area contributed by atoms with Gasteiger partial charge in [-0.3, -0.25) is 4.98 Å². The molecule has 0 amide bonds. The number of hydrogen-bond donors (Lipinski definition) is 1. The van der Waals surface area contributed by atoms with E-state index in [1.54, 1.807) is 24.7 Å². The lowest BCUT2D eigenvalue weighted by Gasteiger charge is -2.06. The fourth-order valence-electron chi connectivity index (χ4n) is 2.63. The molecule has 2 N–H and O–H groups in total. The monoisotopic (exact) mass is 338 g/mol. The van der Waals surface area contributed by atoms with Gasteiger partial charge in [-0.15, -0.1) is 0 Å². The molecule has 0 aliphatic rings. The SMILES string of the molecule is C=c1/c(=C(\C=C/N)c2cnccc2C)cnn1-c1ccc(F)cc1F. The van der Waals surface area contributed by atoms with Crippen LogP contribution in [0.1, 0.15) is 11.1 Å². The average molecular weight is 338 g/mol. The average Bonchev–Trinajstić information content (AvgIpc) is 2.95. The molecule has 6 heteroatoms. The zero-order valence-corrected chi connectivity index (χ0v) is 13.6. The van der Waals surface area contributed by atoms with Gasteiger partial charge < -0.3 is 5.73 Å². The number of aryl methyl sites for hydroxylation is 1. The third-order valence-corrected chi connectivity index (χ3v) is 3.89. The molecule has 0 aliphatic carbocycles. The Labute approximate surface area is 143 Å². The van der Waals surface area contributed by atoms with E-state index in [0.29, 0.717) is 10.6 Å². The van der Waals surface area contributed by atoms with Gasteiger partial charge in [0.05, 0.1) is 11.5 Å². The highest BCUT2D eigenvalue weighted by atomic mass is 19.1. The van der Waals surface area contributed by atoms with Gasteiger partial charge in [0.2, 0.25) is 0 Å². The van der Waals surface area contributed by atoms with Crippen molar-refractivity contribution in [2.75, 3.05) is 0 Å². The Morgan fingerprint density at radius 2 is 2.04 bits per heavy atom. The Balaban J connectivity index is 2.30. The van der Waals surface area contributed by atoms with E-state index in [0.717, 1.165) is 22.8 Å². The Hall–Kier alpha value is -3.28. The van der Waals surface area contributed by atoms with Crippen molar-refractivity contribution < 1.29 is 8.78 Å². The van der Waals surface area contributed by atoms with Crippen LogP contribution >= 0.6 is 0 Å². The lowest BCUT2D eigenvalue weighted by atomic mass is 10.0. The van der Waals surface area contributed by atoms with Crippen LogP contribution in [0.15, 0.2) is 55.1 Å². The van der Waals surface area contributed by atoms with E-state index in [2.05, 4.69) is 16.7 Å². The second kappa shape index (κ2) is 6.68. The van der Waals surface area contributed by atoms with E-state index in [1.807, 2.05) is 13.0 Å². The van der Waals surface area contributed by atoms with Gasteiger partial charge in [0.1, 0.15) is 11.5 Å². The predicted octanol–water partition coefficient (Wildman–Crippen LogP) is 1.94. The van der Waals surface area contributed by atoms with E-state index in [9.17, 15) is 8.78 Å². The molecule has 2 aromatic heterocycles. The molecule has 1 aromatic carbocycles. The minimum absolute atomic E-state index is 0.122. The number of halogens is 2. The Morgan fingerprint density at radius 3 is 2.72 bits per heavy atom.